The van der Waals surface area contributed by atoms with Crippen LogP contribution in [0.4, 0.5) is 0 Å². The summed E-state index contributed by atoms with van der Waals surface area (Å²) >= 11 is 0. The number of phenols is 1. The van der Waals surface area contributed by atoms with Crippen LogP contribution in [0.15, 0.2) is 48.5 Å². The van der Waals surface area contributed by atoms with Crippen molar-refractivity contribution in [3.05, 3.63) is 59.7 Å². The SMILES string of the molecule is CC.CC.COc1ccc(C(C)(C)c2ccc(O)cc2)cc1. The van der Waals surface area contributed by atoms with Gasteiger partial charge in [-0.05, 0) is 35.4 Å². The largest absolute Gasteiger partial charge is 0.508 e. The van der Waals surface area contributed by atoms with Gasteiger partial charge in [0, 0.05) is 5.41 Å². The lowest BCUT2D eigenvalue weighted by atomic mass is 9.78. The highest BCUT2D eigenvalue weighted by molar-refractivity contribution is 5.41. The topological polar surface area (TPSA) is 29.5 Å². The lowest BCUT2D eigenvalue weighted by molar-refractivity contribution is 0.414. The molecule has 0 bridgehead atoms. The Morgan fingerprint density at radius 3 is 1.45 bits per heavy atom. The third-order valence-corrected chi connectivity index (χ3v) is 3.40. The molecule has 22 heavy (non-hydrogen) atoms. The van der Waals surface area contributed by atoms with E-state index in [0.29, 0.717) is 5.75 Å². The summed E-state index contributed by atoms with van der Waals surface area (Å²) in [6, 6.07) is 15.5. The van der Waals surface area contributed by atoms with Crippen molar-refractivity contribution in [1.82, 2.24) is 0 Å². The molecule has 1 N–H and O–H groups in total. The van der Waals surface area contributed by atoms with Gasteiger partial charge in [-0.25, -0.2) is 0 Å². The fourth-order valence-corrected chi connectivity index (χ4v) is 2.05. The average Bonchev–Trinajstić information content (AvgIpc) is 2.59. The molecule has 0 unspecified atom stereocenters. The van der Waals surface area contributed by atoms with Gasteiger partial charge in [0.25, 0.3) is 0 Å². The predicted molar refractivity (Wildman–Crippen MR) is 95.9 cm³/mol. The number of rotatable bonds is 3. The minimum Gasteiger partial charge on any atom is -0.508 e. The summed E-state index contributed by atoms with van der Waals surface area (Å²) < 4.78 is 5.17. The minimum atomic E-state index is -0.0973. The molecule has 0 radical (unpaired) electrons. The van der Waals surface area contributed by atoms with E-state index < -0.39 is 0 Å². The summed E-state index contributed by atoms with van der Waals surface area (Å²) in [5.41, 5.74) is 2.29. The van der Waals surface area contributed by atoms with Crippen LogP contribution in [-0.4, -0.2) is 12.2 Å². The van der Waals surface area contributed by atoms with Crippen LogP contribution in [0.1, 0.15) is 52.7 Å². The third-order valence-electron chi connectivity index (χ3n) is 3.40. The molecular weight excluding hydrogens is 272 g/mol. The van der Waals surface area contributed by atoms with E-state index in [1.807, 2.05) is 52.0 Å². The number of phenolic OH excluding ortho intramolecular Hbond substituents is 1. The van der Waals surface area contributed by atoms with Gasteiger partial charge in [-0.15, -0.1) is 0 Å². The lowest BCUT2D eigenvalue weighted by Gasteiger charge is -2.26. The number of hydrogen-bond acceptors (Lipinski definition) is 2. The Balaban J connectivity index is 0.00000102. The van der Waals surface area contributed by atoms with Crippen LogP contribution in [0.5, 0.6) is 11.5 Å². The standard InChI is InChI=1S/C16H18O2.2C2H6/c1-16(2,12-4-8-14(17)9-5-12)13-6-10-15(18-3)11-7-13;2*1-2/h4-11,17H,1-3H3;2*1-2H3. The summed E-state index contributed by atoms with van der Waals surface area (Å²) in [6.07, 6.45) is 0. The Morgan fingerprint density at radius 2 is 1.09 bits per heavy atom. The highest BCUT2D eigenvalue weighted by Crippen LogP contribution is 2.33. The minimum absolute atomic E-state index is 0.0973. The number of methoxy groups -OCH3 is 1. The lowest BCUT2D eigenvalue weighted by Crippen LogP contribution is -2.18. The molecule has 2 aromatic rings. The first-order valence-corrected chi connectivity index (χ1v) is 7.98. The molecular formula is C20H30O2. The molecule has 0 aliphatic heterocycles. The molecule has 0 saturated heterocycles. The Bertz CT molecular complexity index is 510. The van der Waals surface area contributed by atoms with Gasteiger partial charge < -0.3 is 9.84 Å². The maximum absolute atomic E-state index is 9.34. The summed E-state index contributed by atoms with van der Waals surface area (Å²) in [5, 5.41) is 9.34. The van der Waals surface area contributed by atoms with Gasteiger partial charge in [0.05, 0.1) is 7.11 Å². The number of ether oxygens (including phenoxy) is 1. The molecule has 2 nitrogen and oxygen atoms in total. The fraction of sp³-hybridized carbons (Fsp3) is 0.400. The zero-order chi connectivity index (χ0) is 17.2. The Hall–Kier alpha value is -1.96. The zero-order valence-corrected chi connectivity index (χ0v) is 15.0. The third kappa shape index (κ3) is 5.10. The van der Waals surface area contributed by atoms with E-state index in [2.05, 4.69) is 26.0 Å². The van der Waals surface area contributed by atoms with Crippen molar-refractivity contribution in [3.63, 3.8) is 0 Å². The molecule has 2 aromatic carbocycles. The molecule has 0 fully saturated rings. The van der Waals surface area contributed by atoms with E-state index in [-0.39, 0.29) is 5.41 Å². The number of hydrogen-bond donors (Lipinski definition) is 1. The van der Waals surface area contributed by atoms with E-state index in [1.165, 1.54) is 11.1 Å². The van der Waals surface area contributed by atoms with Crippen LogP contribution < -0.4 is 4.74 Å². The normalized spacial score (nSPS) is 9.77. The summed E-state index contributed by atoms with van der Waals surface area (Å²) in [7, 11) is 1.67. The van der Waals surface area contributed by atoms with E-state index in [9.17, 15) is 5.11 Å². The molecule has 0 aliphatic rings. The molecule has 0 atom stereocenters. The van der Waals surface area contributed by atoms with Gasteiger partial charge in [0.1, 0.15) is 11.5 Å². The first-order valence-electron chi connectivity index (χ1n) is 7.98. The van der Waals surface area contributed by atoms with Crippen molar-refractivity contribution < 1.29 is 9.84 Å². The first kappa shape index (κ1) is 20.0. The van der Waals surface area contributed by atoms with E-state index in [4.69, 9.17) is 4.74 Å². The number of benzene rings is 2. The van der Waals surface area contributed by atoms with Crippen LogP contribution in [0, 0.1) is 0 Å². The molecule has 0 heterocycles. The molecule has 0 aliphatic carbocycles. The highest BCUT2D eigenvalue weighted by Gasteiger charge is 2.22. The summed E-state index contributed by atoms with van der Waals surface area (Å²) in [6.45, 7) is 12.3. The maximum atomic E-state index is 9.34. The van der Waals surface area contributed by atoms with Crippen LogP contribution in [0.2, 0.25) is 0 Å². The fourth-order valence-electron chi connectivity index (χ4n) is 2.05. The monoisotopic (exact) mass is 302 g/mol. The van der Waals surface area contributed by atoms with Crippen molar-refractivity contribution >= 4 is 0 Å². The van der Waals surface area contributed by atoms with Crippen molar-refractivity contribution in [2.75, 3.05) is 7.11 Å². The Labute approximate surface area is 135 Å². The van der Waals surface area contributed by atoms with Gasteiger partial charge in [-0.1, -0.05) is 65.8 Å². The molecule has 0 aromatic heterocycles. The maximum Gasteiger partial charge on any atom is 0.118 e. The first-order chi connectivity index (χ1) is 10.5. The average molecular weight is 302 g/mol. The van der Waals surface area contributed by atoms with E-state index in [1.54, 1.807) is 19.2 Å². The highest BCUT2D eigenvalue weighted by atomic mass is 16.5. The van der Waals surface area contributed by atoms with Crippen LogP contribution in [-0.2, 0) is 5.41 Å². The Kier molecular flexibility index (Phi) is 9.00. The van der Waals surface area contributed by atoms with Gasteiger partial charge in [-0.2, -0.15) is 0 Å². The van der Waals surface area contributed by atoms with Gasteiger partial charge >= 0.3 is 0 Å². The van der Waals surface area contributed by atoms with Gasteiger partial charge in [-0.3, -0.25) is 0 Å². The van der Waals surface area contributed by atoms with E-state index >= 15 is 0 Å². The predicted octanol–water partition coefficient (Wildman–Crippen LogP) is 5.78. The zero-order valence-electron chi connectivity index (χ0n) is 15.0. The Morgan fingerprint density at radius 1 is 0.727 bits per heavy atom. The molecule has 0 spiro atoms. The van der Waals surface area contributed by atoms with Crippen molar-refractivity contribution in [2.24, 2.45) is 0 Å². The van der Waals surface area contributed by atoms with Gasteiger partial charge in [0.15, 0.2) is 0 Å². The molecule has 0 saturated carbocycles. The van der Waals surface area contributed by atoms with Crippen molar-refractivity contribution in [2.45, 2.75) is 47.0 Å². The van der Waals surface area contributed by atoms with Gasteiger partial charge in [0.2, 0.25) is 0 Å². The molecule has 2 heteroatoms. The quantitative estimate of drug-likeness (QED) is 0.778. The smallest absolute Gasteiger partial charge is 0.118 e. The van der Waals surface area contributed by atoms with Crippen molar-refractivity contribution in [1.29, 1.82) is 0 Å². The van der Waals surface area contributed by atoms with E-state index in [0.717, 1.165) is 5.75 Å². The second kappa shape index (κ2) is 9.88. The second-order valence-electron chi connectivity index (χ2n) is 4.90. The second-order valence-corrected chi connectivity index (χ2v) is 4.90. The van der Waals surface area contributed by atoms with Crippen LogP contribution >= 0.6 is 0 Å². The molecule has 0 amide bonds. The van der Waals surface area contributed by atoms with Crippen molar-refractivity contribution in [3.8, 4) is 11.5 Å². The molecule has 2 rings (SSSR count). The molecule has 122 valence electrons. The summed E-state index contributed by atoms with van der Waals surface area (Å²) in [5.74, 6) is 1.16. The summed E-state index contributed by atoms with van der Waals surface area (Å²) in [4.78, 5) is 0. The van der Waals surface area contributed by atoms with Crippen LogP contribution in [0.25, 0.3) is 0 Å². The number of aromatic hydroxyl groups is 1. The van der Waals surface area contributed by atoms with Crippen LogP contribution in [0.3, 0.4) is 0 Å².